The molecule has 0 saturated carbocycles. The van der Waals surface area contributed by atoms with Crippen LogP contribution in [0.4, 0.5) is 13.2 Å². The molecule has 1 aliphatic rings. The maximum atomic E-state index is 13.5. The Morgan fingerprint density at radius 1 is 1.00 bits per heavy atom. The van der Waals surface area contributed by atoms with Gasteiger partial charge < -0.3 is 9.47 Å². The van der Waals surface area contributed by atoms with Crippen molar-refractivity contribution in [1.29, 1.82) is 0 Å². The molecule has 0 amide bonds. The van der Waals surface area contributed by atoms with Crippen LogP contribution in [0.25, 0.3) is 0 Å². The van der Waals surface area contributed by atoms with Crippen LogP contribution in [0.15, 0.2) is 34.8 Å². The SMILES string of the molecule is CCOC(=O)C(=C1C=C(C(C)(C)C)OC(C(C)(C)C)=C1)C(F)(F)F. The van der Waals surface area contributed by atoms with E-state index in [0.717, 1.165) is 0 Å². The minimum Gasteiger partial charge on any atom is -0.465 e. The highest BCUT2D eigenvalue weighted by Gasteiger charge is 2.43. The highest BCUT2D eigenvalue weighted by Crippen LogP contribution is 2.41. The van der Waals surface area contributed by atoms with Crippen molar-refractivity contribution >= 4 is 5.97 Å². The van der Waals surface area contributed by atoms with Gasteiger partial charge in [0.25, 0.3) is 0 Å². The molecule has 1 heterocycles. The lowest BCUT2D eigenvalue weighted by Crippen LogP contribution is -2.26. The predicted molar refractivity (Wildman–Crippen MR) is 85.9 cm³/mol. The third-order valence-corrected chi connectivity index (χ3v) is 3.32. The fraction of sp³-hybridized carbons (Fsp3) is 0.611. The molecule has 0 bridgehead atoms. The number of ether oxygens (including phenoxy) is 2. The Bertz CT molecular complexity index is 562. The number of hydrogen-bond acceptors (Lipinski definition) is 3. The van der Waals surface area contributed by atoms with E-state index in [1.165, 1.54) is 19.1 Å². The summed E-state index contributed by atoms with van der Waals surface area (Å²) in [4.78, 5) is 11.9. The average Bonchev–Trinajstić information content (AvgIpc) is 2.35. The van der Waals surface area contributed by atoms with Crippen molar-refractivity contribution < 1.29 is 27.4 Å². The van der Waals surface area contributed by atoms with Crippen LogP contribution < -0.4 is 0 Å². The largest absolute Gasteiger partial charge is 0.465 e. The first-order valence-electron chi connectivity index (χ1n) is 7.78. The molecule has 0 unspecified atom stereocenters. The second-order valence-electron chi connectivity index (χ2n) is 7.67. The van der Waals surface area contributed by atoms with Gasteiger partial charge in [-0.15, -0.1) is 0 Å². The van der Waals surface area contributed by atoms with Crippen LogP contribution in [0.1, 0.15) is 48.5 Å². The molecule has 0 aromatic rings. The topological polar surface area (TPSA) is 35.5 Å². The van der Waals surface area contributed by atoms with Gasteiger partial charge in [0.1, 0.15) is 17.1 Å². The quantitative estimate of drug-likeness (QED) is 0.503. The van der Waals surface area contributed by atoms with Gasteiger partial charge >= 0.3 is 12.1 Å². The summed E-state index contributed by atoms with van der Waals surface area (Å²) >= 11 is 0. The summed E-state index contributed by atoms with van der Waals surface area (Å²) in [5.41, 5.74) is -2.57. The molecule has 0 aromatic heterocycles. The molecule has 24 heavy (non-hydrogen) atoms. The molecule has 6 heteroatoms. The number of alkyl halides is 3. The standard InChI is InChI=1S/C18H25F3O3/c1-8-23-15(22)14(18(19,20)21)11-9-12(16(2,3)4)24-13(10-11)17(5,6)7/h9-10H,8H2,1-7H3. The summed E-state index contributed by atoms with van der Waals surface area (Å²) in [5, 5.41) is 0. The minimum absolute atomic E-state index is 0.131. The van der Waals surface area contributed by atoms with Gasteiger partial charge in [0, 0.05) is 16.4 Å². The van der Waals surface area contributed by atoms with E-state index in [-0.39, 0.29) is 12.2 Å². The molecular formula is C18H25F3O3. The molecule has 1 aliphatic heterocycles. The first-order valence-corrected chi connectivity index (χ1v) is 7.78. The Hall–Kier alpha value is -1.72. The number of halogens is 3. The maximum Gasteiger partial charge on any atom is 0.423 e. The zero-order chi connectivity index (χ0) is 18.9. The Kier molecular flexibility index (Phi) is 5.63. The van der Waals surface area contributed by atoms with Crippen LogP contribution in [-0.4, -0.2) is 18.8 Å². The molecule has 0 fully saturated rings. The summed E-state index contributed by atoms with van der Waals surface area (Å²) in [6.07, 6.45) is -2.28. The van der Waals surface area contributed by atoms with Crippen molar-refractivity contribution in [2.75, 3.05) is 6.61 Å². The number of hydrogen-bond donors (Lipinski definition) is 0. The molecule has 0 spiro atoms. The first-order chi connectivity index (χ1) is 10.7. The Morgan fingerprint density at radius 2 is 1.42 bits per heavy atom. The van der Waals surface area contributed by atoms with Gasteiger partial charge in [0.2, 0.25) is 0 Å². The van der Waals surface area contributed by atoms with Crippen LogP contribution in [-0.2, 0) is 14.3 Å². The van der Waals surface area contributed by atoms with E-state index in [1.807, 2.05) is 41.5 Å². The highest BCUT2D eigenvalue weighted by atomic mass is 19.4. The van der Waals surface area contributed by atoms with E-state index in [0.29, 0.717) is 11.5 Å². The molecule has 0 aromatic carbocycles. The van der Waals surface area contributed by atoms with Gasteiger partial charge in [-0.2, -0.15) is 13.2 Å². The summed E-state index contributed by atoms with van der Waals surface area (Å²) in [6.45, 7) is 12.3. The zero-order valence-electron chi connectivity index (χ0n) is 15.2. The van der Waals surface area contributed by atoms with Gasteiger partial charge in [0.15, 0.2) is 0 Å². The summed E-state index contributed by atoms with van der Waals surface area (Å²) in [7, 11) is 0. The Morgan fingerprint density at radius 3 is 1.71 bits per heavy atom. The van der Waals surface area contributed by atoms with Crippen LogP contribution in [0.2, 0.25) is 0 Å². The zero-order valence-corrected chi connectivity index (χ0v) is 15.2. The van der Waals surface area contributed by atoms with Crippen molar-refractivity contribution in [3.8, 4) is 0 Å². The fourth-order valence-corrected chi connectivity index (χ4v) is 1.99. The smallest absolute Gasteiger partial charge is 0.423 e. The lowest BCUT2D eigenvalue weighted by Gasteiger charge is -2.33. The normalized spacial score (nSPS) is 16.2. The van der Waals surface area contributed by atoms with Crippen molar-refractivity contribution in [3.63, 3.8) is 0 Å². The molecular weight excluding hydrogens is 321 g/mol. The van der Waals surface area contributed by atoms with Gasteiger partial charge in [-0.1, -0.05) is 41.5 Å². The highest BCUT2D eigenvalue weighted by molar-refractivity contribution is 5.92. The van der Waals surface area contributed by atoms with Crippen LogP contribution in [0.5, 0.6) is 0 Å². The van der Waals surface area contributed by atoms with Gasteiger partial charge in [-0.25, -0.2) is 4.79 Å². The van der Waals surface area contributed by atoms with E-state index in [1.54, 1.807) is 0 Å². The summed E-state index contributed by atoms with van der Waals surface area (Å²) in [5.74, 6) is -0.636. The molecule has 0 aliphatic carbocycles. The molecule has 3 nitrogen and oxygen atoms in total. The molecule has 0 N–H and O–H groups in total. The third kappa shape index (κ3) is 4.89. The van der Waals surface area contributed by atoms with Crippen molar-refractivity contribution in [1.82, 2.24) is 0 Å². The minimum atomic E-state index is -4.82. The van der Waals surface area contributed by atoms with E-state index in [9.17, 15) is 18.0 Å². The predicted octanol–water partition coefficient (Wildman–Crippen LogP) is 5.30. The average molecular weight is 346 g/mol. The number of carbonyl (C=O) groups is 1. The second-order valence-corrected chi connectivity index (χ2v) is 7.67. The Balaban J connectivity index is 3.66. The fourth-order valence-electron chi connectivity index (χ4n) is 1.99. The number of carbonyl (C=O) groups excluding carboxylic acids is 1. The second kappa shape index (κ2) is 6.65. The number of allylic oxidation sites excluding steroid dienone is 5. The molecule has 136 valence electrons. The van der Waals surface area contributed by atoms with E-state index < -0.39 is 28.5 Å². The summed E-state index contributed by atoms with van der Waals surface area (Å²) in [6, 6.07) is 0. The van der Waals surface area contributed by atoms with Crippen molar-refractivity contribution in [2.24, 2.45) is 10.8 Å². The molecule has 0 atom stereocenters. The number of rotatable bonds is 2. The number of esters is 1. The van der Waals surface area contributed by atoms with E-state index >= 15 is 0 Å². The van der Waals surface area contributed by atoms with E-state index in [2.05, 4.69) is 4.74 Å². The lowest BCUT2D eigenvalue weighted by molar-refractivity contribution is -0.150. The van der Waals surface area contributed by atoms with Gasteiger partial charge in [-0.05, 0) is 19.1 Å². The molecule has 0 radical (unpaired) electrons. The first kappa shape index (κ1) is 20.3. The van der Waals surface area contributed by atoms with Crippen molar-refractivity contribution in [3.05, 3.63) is 34.8 Å². The third-order valence-electron chi connectivity index (χ3n) is 3.32. The van der Waals surface area contributed by atoms with Crippen molar-refractivity contribution in [2.45, 2.75) is 54.6 Å². The van der Waals surface area contributed by atoms with Gasteiger partial charge in [-0.3, -0.25) is 0 Å². The van der Waals surface area contributed by atoms with Gasteiger partial charge in [0.05, 0.1) is 6.61 Å². The van der Waals surface area contributed by atoms with Crippen LogP contribution in [0, 0.1) is 10.8 Å². The van der Waals surface area contributed by atoms with Crippen LogP contribution >= 0.6 is 0 Å². The molecule has 0 saturated heterocycles. The summed E-state index contributed by atoms with van der Waals surface area (Å²) < 4.78 is 50.8. The lowest BCUT2D eigenvalue weighted by atomic mass is 9.86. The van der Waals surface area contributed by atoms with Crippen LogP contribution in [0.3, 0.4) is 0 Å². The Labute approximate surface area is 141 Å². The molecule has 1 rings (SSSR count). The maximum absolute atomic E-state index is 13.5. The monoisotopic (exact) mass is 346 g/mol. The van der Waals surface area contributed by atoms with E-state index in [4.69, 9.17) is 4.74 Å².